The third-order valence-corrected chi connectivity index (χ3v) is 11.1. The lowest BCUT2D eigenvalue weighted by atomic mass is 9.43. The lowest BCUT2D eigenvalue weighted by molar-refractivity contribution is -0.223. The Balaban J connectivity index is 1.45. The second kappa shape index (κ2) is 9.92. The molecule has 4 aliphatic rings. The fraction of sp³-hybridized carbons (Fsp3) is 0.926. The highest BCUT2D eigenvalue weighted by Gasteiger charge is 2.65. The quantitative estimate of drug-likeness (QED) is 0.316. The molecule has 4 aliphatic carbocycles. The van der Waals surface area contributed by atoms with Crippen LogP contribution in [0.5, 0.6) is 0 Å². The van der Waals surface area contributed by atoms with Crippen molar-refractivity contribution in [3.63, 3.8) is 0 Å². The molecule has 0 saturated heterocycles. The minimum Gasteiger partial charge on any atom is -0.480 e. The van der Waals surface area contributed by atoms with E-state index >= 15 is 0 Å². The van der Waals surface area contributed by atoms with Crippen LogP contribution in [0.2, 0.25) is 0 Å². The molecule has 200 valence electrons. The average molecular weight is 496 g/mol. The fourth-order valence-corrected chi connectivity index (χ4v) is 9.23. The number of aliphatic hydroxyl groups is 4. The van der Waals surface area contributed by atoms with Crippen molar-refractivity contribution < 1.29 is 35.1 Å². The molecule has 6 N–H and O–H groups in total. The highest BCUT2D eigenvalue weighted by atomic mass is 16.4. The van der Waals surface area contributed by atoms with E-state index in [9.17, 15) is 24.9 Å². The highest BCUT2D eigenvalue weighted by molar-refractivity contribution is 5.83. The maximum absolute atomic E-state index is 12.3. The summed E-state index contributed by atoms with van der Waals surface area (Å²) in [4.78, 5) is 23.4. The molecule has 0 heterocycles. The molecule has 0 aromatic heterocycles. The molecule has 0 radical (unpaired) electrons. The summed E-state index contributed by atoms with van der Waals surface area (Å²) in [5.41, 5.74) is -0.0249. The Morgan fingerprint density at radius 1 is 0.943 bits per heavy atom. The molecule has 8 heteroatoms. The van der Waals surface area contributed by atoms with E-state index < -0.39 is 36.9 Å². The SMILES string of the molecule is C[C@H](CCC(=O)N[C@@H](CO)C(=O)O)[C@H]1CC[C@H]2[C@@H]3[C@@H](O)[C@@H](O)[C@@H]4C[C@H](O)CC[C@]4(C)[C@H]3CC[C@]12C. The lowest BCUT2D eigenvalue weighted by Gasteiger charge is -2.63. The molecule has 1 amide bonds. The maximum Gasteiger partial charge on any atom is 0.328 e. The van der Waals surface area contributed by atoms with Crippen molar-refractivity contribution in [3.05, 3.63) is 0 Å². The molecule has 0 bridgehead atoms. The molecule has 0 spiro atoms. The van der Waals surface area contributed by atoms with E-state index in [0.29, 0.717) is 30.6 Å². The van der Waals surface area contributed by atoms with Crippen LogP contribution in [0.1, 0.15) is 78.6 Å². The van der Waals surface area contributed by atoms with Crippen LogP contribution in [0.25, 0.3) is 0 Å². The number of carboxylic acid groups (broad SMARTS) is 1. The van der Waals surface area contributed by atoms with E-state index in [0.717, 1.165) is 38.5 Å². The number of rotatable bonds is 7. The maximum atomic E-state index is 12.3. The van der Waals surface area contributed by atoms with Crippen LogP contribution >= 0.6 is 0 Å². The zero-order chi connectivity index (χ0) is 25.7. The molecule has 0 unspecified atom stereocenters. The molecular weight excluding hydrogens is 450 g/mol. The van der Waals surface area contributed by atoms with E-state index in [2.05, 4.69) is 26.1 Å². The van der Waals surface area contributed by atoms with Crippen molar-refractivity contribution in [2.24, 2.45) is 46.3 Å². The van der Waals surface area contributed by atoms with Crippen LogP contribution < -0.4 is 5.32 Å². The standard InChI is InChI=1S/C27H45NO7/c1-14(4-7-21(31)28-20(13-29)25(34)35)16-5-6-17-22-18(9-11-26(16,17)2)27(3)10-8-15(30)12-19(27)23(32)24(22)33/h14-20,22-24,29-30,32-33H,4-13H2,1-3H3,(H,28,31)(H,34,35)/t14-,15-,16-,17+,18+,19+,20+,22+,23+,24-,26-,27-/m1/s1. The van der Waals surface area contributed by atoms with E-state index in [1.54, 1.807) is 0 Å². The molecule has 0 aromatic carbocycles. The van der Waals surface area contributed by atoms with Gasteiger partial charge >= 0.3 is 5.97 Å². The van der Waals surface area contributed by atoms with Gasteiger partial charge in [-0.3, -0.25) is 4.79 Å². The van der Waals surface area contributed by atoms with Gasteiger partial charge in [-0.15, -0.1) is 0 Å². The van der Waals surface area contributed by atoms with Gasteiger partial charge in [0.25, 0.3) is 0 Å². The van der Waals surface area contributed by atoms with Gasteiger partial charge in [0, 0.05) is 6.42 Å². The number of nitrogens with one attached hydrogen (secondary N) is 1. The Morgan fingerprint density at radius 3 is 2.26 bits per heavy atom. The summed E-state index contributed by atoms with van der Waals surface area (Å²) in [5, 5.41) is 53.4. The van der Waals surface area contributed by atoms with Crippen molar-refractivity contribution >= 4 is 11.9 Å². The second-order valence-electron chi connectivity index (χ2n) is 12.7. The van der Waals surface area contributed by atoms with Gasteiger partial charge in [0.05, 0.1) is 24.9 Å². The van der Waals surface area contributed by atoms with Crippen molar-refractivity contribution in [1.82, 2.24) is 5.32 Å². The van der Waals surface area contributed by atoms with Gasteiger partial charge < -0.3 is 30.8 Å². The predicted molar refractivity (Wildman–Crippen MR) is 129 cm³/mol. The third kappa shape index (κ3) is 4.53. The molecule has 35 heavy (non-hydrogen) atoms. The van der Waals surface area contributed by atoms with E-state index in [-0.39, 0.29) is 40.9 Å². The zero-order valence-electron chi connectivity index (χ0n) is 21.4. The van der Waals surface area contributed by atoms with Crippen molar-refractivity contribution in [2.45, 2.75) is 103 Å². The van der Waals surface area contributed by atoms with Gasteiger partial charge in [-0.05, 0) is 97.7 Å². The molecule has 4 fully saturated rings. The number of carbonyl (C=O) groups excluding carboxylic acids is 1. The number of hydrogen-bond donors (Lipinski definition) is 6. The van der Waals surface area contributed by atoms with Crippen LogP contribution in [-0.2, 0) is 9.59 Å². The smallest absolute Gasteiger partial charge is 0.328 e. The fourth-order valence-electron chi connectivity index (χ4n) is 9.23. The molecule has 0 aliphatic heterocycles. The monoisotopic (exact) mass is 495 g/mol. The Hall–Kier alpha value is -1.22. The van der Waals surface area contributed by atoms with Gasteiger partial charge in [-0.25, -0.2) is 4.79 Å². The first-order valence-corrected chi connectivity index (χ1v) is 13.6. The van der Waals surface area contributed by atoms with Gasteiger partial charge in [-0.1, -0.05) is 20.8 Å². The van der Waals surface area contributed by atoms with Gasteiger partial charge in [0.15, 0.2) is 0 Å². The van der Waals surface area contributed by atoms with Crippen LogP contribution in [-0.4, -0.2) is 68.4 Å². The zero-order valence-corrected chi connectivity index (χ0v) is 21.4. The lowest BCUT2D eigenvalue weighted by Crippen LogP contribution is -2.64. The normalized spacial score (nSPS) is 46.6. The largest absolute Gasteiger partial charge is 0.480 e. The minimum atomic E-state index is -1.27. The summed E-state index contributed by atoms with van der Waals surface area (Å²) in [6.07, 6.45) is 5.27. The van der Waals surface area contributed by atoms with E-state index in [1.165, 1.54) is 0 Å². The van der Waals surface area contributed by atoms with E-state index in [4.69, 9.17) is 10.2 Å². The van der Waals surface area contributed by atoms with Crippen molar-refractivity contribution in [1.29, 1.82) is 0 Å². The number of amides is 1. The predicted octanol–water partition coefficient (Wildman–Crippen LogP) is 1.93. The molecule has 0 aromatic rings. The molecular formula is C27H45NO7. The number of carbonyl (C=O) groups is 2. The topological polar surface area (TPSA) is 147 Å². The Labute approximate surface area is 208 Å². The van der Waals surface area contributed by atoms with Crippen molar-refractivity contribution in [3.8, 4) is 0 Å². The van der Waals surface area contributed by atoms with Gasteiger partial charge in [0.2, 0.25) is 5.91 Å². The Bertz CT molecular complexity index is 806. The van der Waals surface area contributed by atoms with Crippen LogP contribution in [0.4, 0.5) is 0 Å². The molecule has 4 saturated carbocycles. The van der Waals surface area contributed by atoms with Gasteiger partial charge in [-0.2, -0.15) is 0 Å². The summed E-state index contributed by atoms with van der Waals surface area (Å²) in [6.45, 7) is 6.16. The van der Waals surface area contributed by atoms with E-state index in [1.807, 2.05) is 0 Å². The Morgan fingerprint density at radius 2 is 1.60 bits per heavy atom. The summed E-state index contributed by atoms with van der Waals surface area (Å²) in [5.74, 6) is -0.262. The number of aliphatic hydroxyl groups excluding tert-OH is 4. The van der Waals surface area contributed by atoms with Crippen LogP contribution in [0.15, 0.2) is 0 Å². The summed E-state index contributed by atoms with van der Waals surface area (Å²) < 4.78 is 0. The first kappa shape index (κ1) is 26.8. The number of hydrogen-bond acceptors (Lipinski definition) is 6. The average Bonchev–Trinajstić information content (AvgIpc) is 3.17. The van der Waals surface area contributed by atoms with Crippen LogP contribution in [0.3, 0.4) is 0 Å². The third-order valence-electron chi connectivity index (χ3n) is 11.1. The minimum absolute atomic E-state index is 0.0316. The molecule has 12 atom stereocenters. The summed E-state index contributed by atoms with van der Waals surface area (Å²) >= 11 is 0. The molecule has 8 nitrogen and oxygen atoms in total. The van der Waals surface area contributed by atoms with Crippen molar-refractivity contribution in [2.75, 3.05) is 6.61 Å². The first-order chi connectivity index (χ1) is 16.4. The highest BCUT2D eigenvalue weighted by Crippen LogP contribution is 2.68. The number of aliphatic carboxylic acids is 1. The summed E-state index contributed by atoms with van der Waals surface area (Å²) in [7, 11) is 0. The van der Waals surface area contributed by atoms with Crippen LogP contribution in [0, 0.1) is 46.3 Å². The first-order valence-electron chi connectivity index (χ1n) is 13.6. The van der Waals surface area contributed by atoms with Gasteiger partial charge in [0.1, 0.15) is 6.04 Å². The summed E-state index contributed by atoms with van der Waals surface area (Å²) in [6, 6.07) is -1.27. The molecule has 4 rings (SSSR count). The number of carboxylic acids is 1. The second-order valence-corrected chi connectivity index (χ2v) is 12.7. The number of fused-ring (bicyclic) bond motifs is 5. The Kier molecular flexibility index (Phi) is 7.60.